The van der Waals surface area contributed by atoms with Crippen LogP contribution in [-0.4, -0.2) is 9.13 Å². The molecule has 0 radical (unpaired) electrons. The summed E-state index contributed by atoms with van der Waals surface area (Å²) in [7, 11) is 0. The van der Waals surface area contributed by atoms with Gasteiger partial charge in [0.2, 0.25) is 0 Å². The maximum absolute atomic E-state index is 3.46. The molecule has 0 aliphatic carbocycles. The van der Waals surface area contributed by atoms with Gasteiger partial charge in [-0.3, -0.25) is 0 Å². The van der Waals surface area contributed by atoms with Crippen molar-refractivity contribution in [3.63, 3.8) is 0 Å². The van der Waals surface area contributed by atoms with E-state index in [1.807, 2.05) is 26.0 Å². The summed E-state index contributed by atoms with van der Waals surface area (Å²) in [4.78, 5) is 0. The molecule has 0 fully saturated rings. The number of allylic oxidation sites excluding steroid dienone is 4. The lowest BCUT2D eigenvalue weighted by Crippen LogP contribution is -1.95. The molecule has 0 saturated heterocycles. The highest BCUT2D eigenvalue weighted by Gasteiger charge is 2.19. The first kappa shape index (κ1) is 35.8. The average Bonchev–Trinajstić information content (AvgIpc) is 3.85. The lowest BCUT2D eigenvalue weighted by molar-refractivity contribution is 1.13. The predicted octanol–water partition coefficient (Wildman–Crippen LogP) is 15.3. The first-order valence-corrected chi connectivity index (χ1v) is 19.2. The lowest BCUT2D eigenvalue weighted by Gasteiger charge is -2.13. The van der Waals surface area contributed by atoms with E-state index < -0.39 is 0 Å². The fraction of sp³-hybridized carbons (Fsp3) is 0.0370. The highest BCUT2D eigenvalue weighted by molar-refractivity contribution is 6.32. The highest BCUT2D eigenvalue weighted by atomic mass is 15.0. The van der Waals surface area contributed by atoms with E-state index in [9.17, 15) is 0 Å². The van der Waals surface area contributed by atoms with Crippen LogP contribution in [0.15, 0.2) is 220 Å². The molecule has 2 heteroatoms. The van der Waals surface area contributed by atoms with Gasteiger partial charge in [-0.05, 0) is 106 Å². The van der Waals surface area contributed by atoms with E-state index in [4.69, 9.17) is 0 Å². The third kappa shape index (κ3) is 6.63. The average molecular weight is 721 g/mol. The molecule has 0 amide bonds. The van der Waals surface area contributed by atoms with Crippen LogP contribution in [0, 0.1) is 0 Å². The Morgan fingerprint density at radius 1 is 0.446 bits per heavy atom. The number of benzene rings is 8. The summed E-state index contributed by atoms with van der Waals surface area (Å²) in [6.45, 7) is 10.7. The maximum atomic E-state index is 3.46. The largest absolute Gasteiger partial charge is 0.317 e. The molecule has 0 bridgehead atoms. The Morgan fingerprint density at radius 3 is 1.64 bits per heavy atom. The van der Waals surface area contributed by atoms with Crippen molar-refractivity contribution in [1.82, 2.24) is 9.13 Å². The van der Waals surface area contributed by atoms with Gasteiger partial charge in [0.25, 0.3) is 0 Å². The summed E-state index contributed by atoms with van der Waals surface area (Å²) < 4.78 is 4.73. The quantitative estimate of drug-likeness (QED) is 0.0952. The van der Waals surface area contributed by atoms with E-state index in [1.165, 1.54) is 76.5 Å². The summed E-state index contributed by atoms with van der Waals surface area (Å²) in [5.41, 5.74) is 10.8. The van der Waals surface area contributed by atoms with Crippen molar-refractivity contribution in [1.29, 1.82) is 0 Å². The molecule has 10 rings (SSSR count). The zero-order chi connectivity index (χ0) is 38.4. The molecule has 0 aliphatic rings. The van der Waals surface area contributed by atoms with E-state index in [1.54, 1.807) is 12.2 Å². The van der Waals surface area contributed by atoms with Crippen LogP contribution in [0.2, 0.25) is 0 Å². The predicted molar refractivity (Wildman–Crippen MR) is 244 cm³/mol. The highest BCUT2D eigenvalue weighted by Crippen LogP contribution is 2.43. The Kier molecular flexibility index (Phi) is 10.3. The monoisotopic (exact) mass is 720 g/mol. The van der Waals surface area contributed by atoms with Crippen LogP contribution >= 0.6 is 0 Å². The second kappa shape index (κ2) is 16.1. The number of nitrogens with zero attached hydrogens (tertiary/aromatic N) is 2. The minimum Gasteiger partial charge on any atom is -0.317 e. The van der Waals surface area contributed by atoms with E-state index in [0.29, 0.717) is 0 Å². The van der Waals surface area contributed by atoms with Gasteiger partial charge in [0, 0.05) is 33.7 Å². The van der Waals surface area contributed by atoms with Gasteiger partial charge in [-0.1, -0.05) is 158 Å². The maximum Gasteiger partial charge on any atom is 0.0625 e. The second-order valence-electron chi connectivity index (χ2n) is 13.8. The smallest absolute Gasteiger partial charge is 0.0625 e. The Hall–Kier alpha value is -7.16. The van der Waals surface area contributed by atoms with E-state index in [2.05, 4.69) is 204 Å². The van der Waals surface area contributed by atoms with Gasteiger partial charge < -0.3 is 9.13 Å². The molecule has 0 unspecified atom stereocenters. The van der Waals surface area contributed by atoms with Crippen LogP contribution < -0.4 is 0 Å². The molecule has 0 saturated carbocycles. The first-order chi connectivity index (χ1) is 27.6. The van der Waals surface area contributed by atoms with Gasteiger partial charge in [-0.2, -0.15) is 0 Å². The molecule has 10 aromatic rings. The zero-order valence-corrected chi connectivity index (χ0v) is 31.9. The van der Waals surface area contributed by atoms with Gasteiger partial charge >= 0.3 is 0 Å². The van der Waals surface area contributed by atoms with Gasteiger partial charge in [-0.25, -0.2) is 0 Å². The molecule has 0 N–H and O–H groups in total. The number of aromatic nitrogens is 2. The van der Waals surface area contributed by atoms with Crippen LogP contribution in [0.5, 0.6) is 0 Å². The number of rotatable bonds is 5. The Morgan fingerprint density at radius 2 is 0.982 bits per heavy atom. The van der Waals surface area contributed by atoms with Crippen molar-refractivity contribution in [2.75, 3.05) is 0 Å². The summed E-state index contributed by atoms with van der Waals surface area (Å²) >= 11 is 0. The molecule has 0 spiro atoms. The third-order valence-corrected chi connectivity index (χ3v) is 10.3. The van der Waals surface area contributed by atoms with Crippen LogP contribution in [0.3, 0.4) is 0 Å². The van der Waals surface area contributed by atoms with Gasteiger partial charge in [0.1, 0.15) is 0 Å². The minimum atomic E-state index is 1.16. The molecule has 2 heterocycles. The summed E-state index contributed by atoms with van der Waals surface area (Å²) in [6, 6.07) is 64.0. The summed E-state index contributed by atoms with van der Waals surface area (Å²) in [5.74, 6) is 0. The van der Waals surface area contributed by atoms with E-state index >= 15 is 0 Å². The van der Waals surface area contributed by atoms with Crippen molar-refractivity contribution in [2.45, 2.75) is 13.8 Å². The standard InChI is InChI=1S/C46H30N2.C5H8.C3H6/c1-2-10-31(11-3-1)32-20-25-37(26-21-32)48-44-27-22-35(33-18-23-36(24-19-33)47-29-28-34-12-4-9-17-43(34)47)30-42(44)45-40-15-7-5-13-38(40)39-14-6-8-16-41(39)46(45)48;1-3-5-4-2;1-3-2/h1-30H;3-5H,1H2,2H3;3H,1H2,2H3/b;5-4-;. The third-order valence-electron chi connectivity index (χ3n) is 10.3. The number of para-hydroxylation sites is 1. The SMILES string of the molecule is C=C/C=C\C.C=CC.c1ccc(-c2ccc(-n3c4ccc(-c5ccc(-n6ccc7ccccc76)cc5)cc4c4c5ccccc5c5ccccc5c43)cc2)cc1. The molecule has 0 atom stereocenters. The fourth-order valence-corrected chi connectivity index (χ4v) is 7.82. The molecule has 8 aromatic carbocycles. The fourth-order valence-electron chi connectivity index (χ4n) is 7.82. The summed E-state index contributed by atoms with van der Waals surface area (Å²) in [6.07, 6.45) is 9.48. The normalized spacial score (nSPS) is 11.1. The summed E-state index contributed by atoms with van der Waals surface area (Å²) in [5, 5.41) is 8.91. The molecular weight excluding hydrogens is 677 g/mol. The minimum absolute atomic E-state index is 1.16. The van der Waals surface area contributed by atoms with Gasteiger partial charge in [0.15, 0.2) is 0 Å². The van der Waals surface area contributed by atoms with Crippen molar-refractivity contribution in [2.24, 2.45) is 0 Å². The van der Waals surface area contributed by atoms with Crippen LogP contribution in [0.1, 0.15) is 13.8 Å². The first-order valence-electron chi connectivity index (χ1n) is 19.2. The van der Waals surface area contributed by atoms with Crippen LogP contribution in [0.4, 0.5) is 0 Å². The number of hydrogen-bond acceptors (Lipinski definition) is 0. The molecule has 2 aromatic heterocycles. The Bertz CT molecular complexity index is 2990. The van der Waals surface area contributed by atoms with Crippen molar-refractivity contribution < 1.29 is 0 Å². The van der Waals surface area contributed by atoms with E-state index in [-0.39, 0.29) is 0 Å². The molecule has 56 heavy (non-hydrogen) atoms. The molecule has 270 valence electrons. The van der Waals surface area contributed by atoms with Gasteiger partial charge in [-0.15, -0.1) is 6.58 Å². The Labute approximate surface area is 329 Å². The Balaban J connectivity index is 0.000000507. The van der Waals surface area contributed by atoms with Gasteiger partial charge in [0.05, 0.1) is 16.6 Å². The number of fused-ring (bicyclic) bond motifs is 9. The molecule has 2 nitrogen and oxygen atoms in total. The zero-order valence-electron chi connectivity index (χ0n) is 31.9. The molecule has 0 aliphatic heterocycles. The number of hydrogen-bond donors (Lipinski definition) is 0. The van der Waals surface area contributed by atoms with Crippen molar-refractivity contribution in [3.8, 4) is 33.6 Å². The molecular formula is C54H44N2. The van der Waals surface area contributed by atoms with Crippen molar-refractivity contribution in [3.05, 3.63) is 220 Å². The van der Waals surface area contributed by atoms with Crippen LogP contribution in [-0.2, 0) is 0 Å². The van der Waals surface area contributed by atoms with Crippen LogP contribution in [0.25, 0.3) is 87.9 Å². The topological polar surface area (TPSA) is 9.86 Å². The lowest BCUT2D eigenvalue weighted by atomic mass is 9.95. The second-order valence-corrected chi connectivity index (χ2v) is 13.8. The van der Waals surface area contributed by atoms with E-state index in [0.717, 1.165) is 11.4 Å². The van der Waals surface area contributed by atoms with Crippen molar-refractivity contribution >= 4 is 54.3 Å².